The second-order valence-corrected chi connectivity index (χ2v) is 3.42. The molecule has 1 aromatic heterocycles. The van der Waals surface area contributed by atoms with Crippen LogP contribution in [-0.4, -0.2) is 26.8 Å². The Balaban J connectivity index is 2.89. The summed E-state index contributed by atoms with van der Waals surface area (Å²) in [5.74, 6) is -0.686. The molecule has 0 radical (unpaired) electrons. The Morgan fingerprint density at radius 1 is 1.64 bits per heavy atom. The SMILES string of the molecule is COC(=O)c1cncc(CS(=O)[O-])c1. The summed E-state index contributed by atoms with van der Waals surface area (Å²) >= 11 is -2.18. The number of ether oxygens (including phenoxy) is 1. The molecule has 5 nitrogen and oxygen atoms in total. The van der Waals surface area contributed by atoms with E-state index in [1.54, 1.807) is 0 Å². The maximum Gasteiger partial charge on any atom is 0.339 e. The van der Waals surface area contributed by atoms with E-state index in [4.69, 9.17) is 0 Å². The van der Waals surface area contributed by atoms with E-state index in [0.717, 1.165) is 0 Å². The Morgan fingerprint density at radius 3 is 2.93 bits per heavy atom. The predicted octanol–water partition coefficient (Wildman–Crippen LogP) is 0.247. The average Bonchev–Trinajstić information content (AvgIpc) is 2.16. The van der Waals surface area contributed by atoms with Crippen molar-refractivity contribution in [3.8, 4) is 0 Å². The summed E-state index contributed by atoms with van der Waals surface area (Å²) in [5, 5.41) is 0. The molecule has 0 aliphatic heterocycles. The molecule has 6 heteroatoms. The van der Waals surface area contributed by atoms with E-state index in [-0.39, 0.29) is 11.3 Å². The van der Waals surface area contributed by atoms with Crippen molar-refractivity contribution in [1.29, 1.82) is 0 Å². The quantitative estimate of drug-likeness (QED) is 0.532. The van der Waals surface area contributed by atoms with Gasteiger partial charge in [0.05, 0.1) is 12.7 Å². The molecule has 1 atom stereocenters. The fourth-order valence-corrected chi connectivity index (χ4v) is 1.36. The number of aromatic nitrogens is 1. The smallest absolute Gasteiger partial charge is 0.339 e. The number of hydrogen-bond acceptors (Lipinski definition) is 5. The molecule has 0 aromatic carbocycles. The third-order valence-electron chi connectivity index (χ3n) is 1.50. The van der Waals surface area contributed by atoms with E-state index in [1.807, 2.05) is 0 Å². The van der Waals surface area contributed by atoms with Crippen molar-refractivity contribution in [2.75, 3.05) is 7.11 Å². The topological polar surface area (TPSA) is 79.3 Å². The van der Waals surface area contributed by atoms with Crippen LogP contribution in [0.3, 0.4) is 0 Å². The van der Waals surface area contributed by atoms with Crippen molar-refractivity contribution in [2.24, 2.45) is 0 Å². The molecule has 0 amide bonds. The molecule has 0 spiro atoms. The molecule has 1 rings (SSSR count). The van der Waals surface area contributed by atoms with E-state index in [2.05, 4.69) is 9.72 Å². The van der Waals surface area contributed by atoms with Crippen LogP contribution in [0.4, 0.5) is 0 Å². The van der Waals surface area contributed by atoms with Gasteiger partial charge in [0.1, 0.15) is 0 Å². The van der Waals surface area contributed by atoms with Crippen LogP contribution in [0.2, 0.25) is 0 Å². The van der Waals surface area contributed by atoms with Crippen molar-refractivity contribution < 1.29 is 18.3 Å². The fourth-order valence-electron chi connectivity index (χ4n) is 0.932. The summed E-state index contributed by atoms with van der Waals surface area (Å²) in [5.41, 5.74) is 0.705. The van der Waals surface area contributed by atoms with Crippen molar-refractivity contribution in [2.45, 2.75) is 5.75 Å². The lowest BCUT2D eigenvalue weighted by molar-refractivity contribution is 0.0600. The van der Waals surface area contributed by atoms with E-state index in [1.165, 1.54) is 25.6 Å². The van der Waals surface area contributed by atoms with Gasteiger partial charge in [-0.15, -0.1) is 0 Å². The minimum atomic E-state index is -2.18. The minimum Gasteiger partial charge on any atom is -0.772 e. The lowest BCUT2D eigenvalue weighted by atomic mass is 10.2. The van der Waals surface area contributed by atoms with Gasteiger partial charge in [0, 0.05) is 18.1 Å². The third-order valence-corrected chi connectivity index (χ3v) is 2.07. The Hall–Kier alpha value is -1.27. The van der Waals surface area contributed by atoms with Gasteiger partial charge in [0.2, 0.25) is 0 Å². The zero-order chi connectivity index (χ0) is 10.6. The molecule has 1 heterocycles. The van der Waals surface area contributed by atoms with Crippen LogP contribution in [0.5, 0.6) is 0 Å². The van der Waals surface area contributed by atoms with Crippen molar-refractivity contribution >= 4 is 17.0 Å². The lowest BCUT2D eigenvalue weighted by Gasteiger charge is -2.05. The second kappa shape index (κ2) is 4.83. The highest BCUT2D eigenvalue weighted by molar-refractivity contribution is 7.78. The fraction of sp³-hybridized carbons (Fsp3) is 0.250. The zero-order valence-electron chi connectivity index (χ0n) is 7.43. The summed E-state index contributed by atoms with van der Waals surface area (Å²) in [4.78, 5) is 14.8. The molecule has 0 aliphatic rings. The Bertz CT molecular complexity index is 366. The van der Waals surface area contributed by atoms with Gasteiger partial charge in [0.15, 0.2) is 0 Å². The van der Waals surface area contributed by atoms with Gasteiger partial charge in [-0.2, -0.15) is 0 Å². The number of methoxy groups -OCH3 is 1. The van der Waals surface area contributed by atoms with E-state index in [0.29, 0.717) is 5.56 Å². The maximum absolute atomic E-state index is 11.0. The molecule has 0 bridgehead atoms. The highest BCUT2D eigenvalue weighted by Crippen LogP contribution is 2.05. The third kappa shape index (κ3) is 2.90. The van der Waals surface area contributed by atoms with E-state index >= 15 is 0 Å². The molecule has 0 saturated heterocycles. The van der Waals surface area contributed by atoms with Gasteiger partial charge in [-0.1, -0.05) is 11.1 Å². The number of nitrogens with zero attached hydrogens (tertiary/aromatic N) is 1. The van der Waals surface area contributed by atoms with Gasteiger partial charge < -0.3 is 9.29 Å². The molecule has 0 fully saturated rings. The summed E-state index contributed by atoms with van der Waals surface area (Å²) in [6.45, 7) is 0. The summed E-state index contributed by atoms with van der Waals surface area (Å²) in [7, 11) is 1.25. The molecule has 14 heavy (non-hydrogen) atoms. The van der Waals surface area contributed by atoms with Gasteiger partial charge in [-0.3, -0.25) is 9.19 Å². The highest BCUT2D eigenvalue weighted by Gasteiger charge is 2.06. The first kappa shape index (κ1) is 10.8. The van der Waals surface area contributed by atoms with Crippen LogP contribution >= 0.6 is 0 Å². The molecule has 0 saturated carbocycles. The number of carbonyl (C=O) groups is 1. The molecule has 0 aliphatic carbocycles. The van der Waals surface area contributed by atoms with Crippen molar-refractivity contribution in [1.82, 2.24) is 4.98 Å². The van der Waals surface area contributed by atoms with Crippen molar-refractivity contribution in [3.63, 3.8) is 0 Å². The van der Waals surface area contributed by atoms with Gasteiger partial charge in [-0.25, -0.2) is 4.79 Å². The van der Waals surface area contributed by atoms with E-state index < -0.39 is 17.0 Å². The molecular weight excluding hydrogens is 206 g/mol. The first-order chi connectivity index (χ1) is 6.63. The summed E-state index contributed by atoms with van der Waals surface area (Å²) in [6, 6.07) is 1.44. The average molecular weight is 214 g/mol. The number of rotatable bonds is 3. The van der Waals surface area contributed by atoms with Crippen LogP contribution in [0, 0.1) is 0 Å². The molecule has 1 aromatic rings. The normalized spacial score (nSPS) is 12.1. The first-order valence-electron chi connectivity index (χ1n) is 3.71. The Kier molecular flexibility index (Phi) is 3.73. The monoisotopic (exact) mass is 214 g/mol. The largest absolute Gasteiger partial charge is 0.772 e. The molecular formula is C8H8NO4S-. The number of pyridine rings is 1. The first-order valence-corrected chi connectivity index (χ1v) is 4.96. The van der Waals surface area contributed by atoms with Crippen LogP contribution in [0.1, 0.15) is 15.9 Å². The number of hydrogen-bond donors (Lipinski definition) is 0. The number of esters is 1. The lowest BCUT2D eigenvalue weighted by Crippen LogP contribution is -2.03. The van der Waals surface area contributed by atoms with Crippen LogP contribution < -0.4 is 0 Å². The van der Waals surface area contributed by atoms with Gasteiger partial charge >= 0.3 is 5.97 Å². The summed E-state index contributed by atoms with van der Waals surface area (Å²) < 4.78 is 25.2. The second-order valence-electron chi connectivity index (χ2n) is 2.52. The van der Waals surface area contributed by atoms with Crippen LogP contribution in [0.15, 0.2) is 18.5 Å². The maximum atomic E-state index is 11.0. The number of carbonyl (C=O) groups excluding carboxylic acids is 1. The van der Waals surface area contributed by atoms with Crippen LogP contribution in [-0.2, 0) is 21.6 Å². The molecule has 0 N–H and O–H groups in total. The Morgan fingerprint density at radius 2 is 2.36 bits per heavy atom. The predicted molar refractivity (Wildman–Crippen MR) is 48.2 cm³/mol. The summed E-state index contributed by atoms with van der Waals surface area (Å²) in [6.07, 6.45) is 2.71. The van der Waals surface area contributed by atoms with Gasteiger partial charge in [0.25, 0.3) is 0 Å². The van der Waals surface area contributed by atoms with Crippen LogP contribution in [0.25, 0.3) is 0 Å². The molecule has 1 unspecified atom stereocenters. The van der Waals surface area contributed by atoms with Gasteiger partial charge in [-0.05, 0) is 11.6 Å². The Labute approximate surface area is 83.4 Å². The minimum absolute atomic E-state index is 0.155. The standard InChI is InChI=1S/C8H9NO4S/c1-13-8(10)7-2-6(3-9-4-7)5-14(11)12/h2-4H,5H2,1H3,(H,11,12)/p-1. The molecule has 76 valence electrons. The highest BCUT2D eigenvalue weighted by atomic mass is 32.2. The van der Waals surface area contributed by atoms with Crippen molar-refractivity contribution in [3.05, 3.63) is 29.6 Å². The zero-order valence-corrected chi connectivity index (χ0v) is 8.24. The van der Waals surface area contributed by atoms with E-state index in [9.17, 15) is 13.6 Å².